The number of nitrogens with one attached hydrogen (secondary N) is 1. The summed E-state index contributed by atoms with van der Waals surface area (Å²) in [5.41, 5.74) is 0. The zero-order valence-electron chi connectivity index (χ0n) is 7.20. The van der Waals surface area contributed by atoms with Crippen molar-refractivity contribution in [2.24, 2.45) is 0 Å². The minimum atomic E-state index is -0.714. The maximum absolute atomic E-state index is 11.1. The Kier molecular flexibility index (Phi) is 2.84. The molecule has 1 saturated heterocycles. The van der Waals surface area contributed by atoms with Gasteiger partial charge in [-0.3, -0.25) is 10.1 Å². The Morgan fingerprint density at radius 2 is 2.31 bits per heavy atom. The molecule has 1 heterocycles. The fourth-order valence-electron chi connectivity index (χ4n) is 0.853. The van der Waals surface area contributed by atoms with Crippen molar-refractivity contribution in [2.75, 3.05) is 13.2 Å². The van der Waals surface area contributed by atoms with Crippen LogP contribution in [0.1, 0.15) is 13.3 Å². The molecule has 1 aliphatic heterocycles. The Hall–Kier alpha value is -1.59. The SMILES string of the molecule is CCC(=O)NC(=O)N1CCOC1=O. The van der Waals surface area contributed by atoms with Gasteiger partial charge in [-0.15, -0.1) is 0 Å². The molecule has 1 fully saturated rings. The van der Waals surface area contributed by atoms with Gasteiger partial charge in [0.2, 0.25) is 5.91 Å². The summed E-state index contributed by atoms with van der Waals surface area (Å²) in [5, 5.41) is 2.05. The summed E-state index contributed by atoms with van der Waals surface area (Å²) in [5.74, 6) is -0.412. The fourth-order valence-corrected chi connectivity index (χ4v) is 0.853. The van der Waals surface area contributed by atoms with Crippen molar-refractivity contribution in [1.29, 1.82) is 0 Å². The predicted molar refractivity (Wildman–Crippen MR) is 41.9 cm³/mol. The first kappa shape index (κ1) is 9.50. The van der Waals surface area contributed by atoms with E-state index < -0.39 is 18.0 Å². The zero-order valence-corrected chi connectivity index (χ0v) is 7.20. The Morgan fingerprint density at radius 3 is 2.77 bits per heavy atom. The van der Waals surface area contributed by atoms with Crippen LogP contribution in [0.15, 0.2) is 0 Å². The number of carbonyl (C=O) groups is 3. The van der Waals surface area contributed by atoms with Crippen LogP contribution in [0.3, 0.4) is 0 Å². The minimum Gasteiger partial charge on any atom is -0.447 e. The van der Waals surface area contributed by atoms with Gasteiger partial charge in [0, 0.05) is 6.42 Å². The summed E-state index contributed by atoms with van der Waals surface area (Å²) in [4.78, 5) is 33.6. The van der Waals surface area contributed by atoms with Crippen molar-refractivity contribution in [3.05, 3.63) is 0 Å². The molecule has 6 nitrogen and oxygen atoms in total. The van der Waals surface area contributed by atoms with Crippen LogP contribution in [0.4, 0.5) is 9.59 Å². The Morgan fingerprint density at radius 1 is 1.62 bits per heavy atom. The fraction of sp³-hybridized carbons (Fsp3) is 0.571. The van der Waals surface area contributed by atoms with E-state index in [0.29, 0.717) is 0 Å². The van der Waals surface area contributed by atoms with E-state index in [4.69, 9.17) is 0 Å². The third kappa shape index (κ3) is 2.17. The second-order valence-corrected chi connectivity index (χ2v) is 2.47. The van der Waals surface area contributed by atoms with Gasteiger partial charge in [-0.2, -0.15) is 0 Å². The Bertz CT molecular complexity index is 251. The van der Waals surface area contributed by atoms with Crippen LogP contribution in [-0.2, 0) is 9.53 Å². The largest absolute Gasteiger partial charge is 0.447 e. The lowest BCUT2D eigenvalue weighted by Crippen LogP contribution is -2.43. The molecule has 0 aromatic carbocycles. The van der Waals surface area contributed by atoms with Crippen LogP contribution in [-0.4, -0.2) is 36.1 Å². The number of nitrogens with zero attached hydrogens (tertiary/aromatic N) is 1. The number of carbonyl (C=O) groups excluding carboxylic acids is 3. The van der Waals surface area contributed by atoms with E-state index in [-0.39, 0.29) is 19.6 Å². The molecule has 0 aliphatic carbocycles. The summed E-state index contributed by atoms with van der Waals surface area (Å²) < 4.78 is 4.52. The monoisotopic (exact) mass is 186 g/mol. The normalized spacial score (nSPS) is 15.5. The molecule has 0 unspecified atom stereocenters. The van der Waals surface area contributed by atoms with Gasteiger partial charge < -0.3 is 4.74 Å². The summed E-state index contributed by atoms with van der Waals surface area (Å²) in [6.07, 6.45) is -0.504. The highest BCUT2D eigenvalue weighted by Crippen LogP contribution is 2.02. The first-order valence-electron chi connectivity index (χ1n) is 3.93. The number of urea groups is 1. The van der Waals surface area contributed by atoms with Crippen LogP contribution in [0.25, 0.3) is 0 Å². The van der Waals surface area contributed by atoms with Crippen LogP contribution in [0, 0.1) is 0 Å². The Balaban J connectivity index is 2.47. The number of cyclic esters (lactones) is 1. The van der Waals surface area contributed by atoms with Gasteiger partial charge in [-0.05, 0) is 0 Å². The van der Waals surface area contributed by atoms with Crippen molar-refractivity contribution in [3.63, 3.8) is 0 Å². The maximum atomic E-state index is 11.1. The molecule has 0 bridgehead atoms. The molecule has 0 radical (unpaired) electrons. The summed E-state index contributed by atoms with van der Waals surface area (Å²) in [6, 6.07) is -0.714. The van der Waals surface area contributed by atoms with Crippen molar-refractivity contribution >= 4 is 18.0 Å². The van der Waals surface area contributed by atoms with Gasteiger partial charge >= 0.3 is 12.1 Å². The van der Waals surface area contributed by atoms with E-state index in [1.165, 1.54) is 0 Å². The van der Waals surface area contributed by atoms with E-state index in [9.17, 15) is 14.4 Å². The van der Waals surface area contributed by atoms with E-state index >= 15 is 0 Å². The Labute approximate surface area is 74.8 Å². The van der Waals surface area contributed by atoms with Gasteiger partial charge in [0.15, 0.2) is 0 Å². The molecule has 6 heteroatoms. The quantitative estimate of drug-likeness (QED) is 0.629. The average Bonchev–Trinajstić information content (AvgIpc) is 2.51. The molecule has 4 amide bonds. The first-order valence-corrected chi connectivity index (χ1v) is 3.93. The molecule has 1 rings (SSSR count). The van der Waals surface area contributed by atoms with E-state index in [0.717, 1.165) is 4.90 Å². The third-order valence-electron chi connectivity index (χ3n) is 1.57. The van der Waals surface area contributed by atoms with Gasteiger partial charge in [-0.1, -0.05) is 6.92 Å². The van der Waals surface area contributed by atoms with Crippen molar-refractivity contribution in [2.45, 2.75) is 13.3 Å². The van der Waals surface area contributed by atoms with E-state index in [2.05, 4.69) is 4.74 Å². The lowest BCUT2D eigenvalue weighted by atomic mass is 10.4. The summed E-state index contributed by atoms with van der Waals surface area (Å²) in [7, 11) is 0. The highest BCUT2D eigenvalue weighted by Gasteiger charge is 2.28. The van der Waals surface area contributed by atoms with Crippen LogP contribution in [0.5, 0.6) is 0 Å². The standard InChI is InChI=1S/C7H10N2O4/c1-2-5(10)8-6(11)9-3-4-13-7(9)12/h2-4H2,1H3,(H,8,10,11). The van der Waals surface area contributed by atoms with Crippen LogP contribution < -0.4 is 5.32 Å². The number of rotatable bonds is 1. The maximum Gasteiger partial charge on any atom is 0.418 e. The van der Waals surface area contributed by atoms with Crippen LogP contribution >= 0.6 is 0 Å². The highest BCUT2D eigenvalue weighted by atomic mass is 16.6. The molecular weight excluding hydrogens is 176 g/mol. The van der Waals surface area contributed by atoms with Crippen molar-refractivity contribution < 1.29 is 19.1 Å². The number of hydrogen-bond acceptors (Lipinski definition) is 4. The molecule has 1 N–H and O–H groups in total. The van der Waals surface area contributed by atoms with E-state index in [1.807, 2.05) is 5.32 Å². The zero-order chi connectivity index (χ0) is 9.84. The topological polar surface area (TPSA) is 75.7 Å². The van der Waals surface area contributed by atoms with Gasteiger partial charge in [0.25, 0.3) is 0 Å². The van der Waals surface area contributed by atoms with Crippen LogP contribution in [0.2, 0.25) is 0 Å². The molecule has 0 aromatic heterocycles. The predicted octanol–water partition coefficient (Wildman–Crippen LogP) is 0.0848. The van der Waals surface area contributed by atoms with E-state index in [1.54, 1.807) is 6.92 Å². The third-order valence-corrected chi connectivity index (χ3v) is 1.57. The van der Waals surface area contributed by atoms with Crippen molar-refractivity contribution in [3.8, 4) is 0 Å². The number of hydrogen-bond donors (Lipinski definition) is 1. The van der Waals surface area contributed by atoms with Crippen molar-refractivity contribution in [1.82, 2.24) is 10.2 Å². The first-order chi connectivity index (χ1) is 6.15. The number of imide groups is 2. The molecule has 0 saturated carbocycles. The van der Waals surface area contributed by atoms with Gasteiger partial charge in [0.1, 0.15) is 6.61 Å². The molecule has 72 valence electrons. The molecule has 0 aromatic rings. The molecule has 0 atom stereocenters. The molecule has 0 spiro atoms. The second-order valence-electron chi connectivity index (χ2n) is 2.47. The van der Waals surface area contributed by atoms with Gasteiger partial charge in [0.05, 0.1) is 6.54 Å². The second kappa shape index (κ2) is 3.88. The summed E-state index contributed by atoms with van der Waals surface area (Å²) >= 11 is 0. The lowest BCUT2D eigenvalue weighted by molar-refractivity contribution is -0.119. The molecular formula is C7H10N2O4. The summed E-state index contributed by atoms with van der Waals surface area (Å²) in [6.45, 7) is 2.00. The molecule has 1 aliphatic rings. The highest BCUT2D eigenvalue weighted by molar-refractivity contribution is 6.00. The lowest BCUT2D eigenvalue weighted by Gasteiger charge is -2.09. The number of ether oxygens (including phenoxy) is 1. The average molecular weight is 186 g/mol. The minimum absolute atomic E-state index is 0.187. The molecule has 13 heavy (non-hydrogen) atoms. The van der Waals surface area contributed by atoms with Gasteiger partial charge in [-0.25, -0.2) is 14.5 Å². The number of amides is 4. The smallest absolute Gasteiger partial charge is 0.418 e.